The minimum atomic E-state index is -0.820. The summed E-state index contributed by atoms with van der Waals surface area (Å²) >= 11 is 0. The molecule has 0 aliphatic heterocycles. The van der Waals surface area contributed by atoms with Crippen molar-refractivity contribution in [3.8, 4) is 5.75 Å². The van der Waals surface area contributed by atoms with Crippen LogP contribution >= 0.6 is 0 Å². The highest BCUT2D eigenvalue weighted by atomic mass is 16.5. The van der Waals surface area contributed by atoms with Gasteiger partial charge < -0.3 is 15.8 Å². The number of hydrogen-bond acceptors (Lipinski definition) is 3. The van der Waals surface area contributed by atoms with Crippen LogP contribution in [0.4, 0.5) is 0 Å². The van der Waals surface area contributed by atoms with E-state index in [2.05, 4.69) is 5.32 Å². The molecule has 2 unspecified atom stereocenters. The number of amides is 1. The van der Waals surface area contributed by atoms with Crippen molar-refractivity contribution in [2.45, 2.75) is 45.2 Å². The average Bonchev–Trinajstić information content (AvgIpc) is 2.44. The molecule has 3 N–H and O–H groups in total. The third-order valence-electron chi connectivity index (χ3n) is 3.48. The monoisotopic (exact) mass is 264 g/mol. The number of carbonyl (C=O) groups is 1. The highest BCUT2D eigenvalue weighted by Gasteiger charge is 2.27. The average molecular weight is 264 g/mol. The molecule has 19 heavy (non-hydrogen) atoms. The van der Waals surface area contributed by atoms with Crippen molar-refractivity contribution in [3.05, 3.63) is 29.8 Å². The lowest BCUT2D eigenvalue weighted by atomic mass is 9.97. The Bertz CT molecular complexity index is 413. The molecule has 1 rings (SSSR count). The Hall–Kier alpha value is -1.55. The summed E-state index contributed by atoms with van der Waals surface area (Å²) in [5, 5.41) is 3.01. The first-order chi connectivity index (χ1) is 8.94. The van der Waals surface area contributed by atoms with Crippen LogP contribution in [0.25, 0.3) is 0 Å². The molecule has 0 bridgehead atoms. The van der Waals surface area contributed by atoms with Crippen LogP contribution in [0.3, 0.4) is 0 Å². The first kappa shape index (κ1) is 15.5. The molecule has 0 aromatic heterocycles. The van der Waals surface area contributed by atoms with Crippen molar-refractivity contribution in [2.24, 2.45) is 5.73 Å². The van der Waals surface area contributed by atoms with Gasteiger partial charge in [0.05, 0.1) is 18.7 Å². The van der Waals surface area contributed by atoms with E-state index >= 15 is 0 Å². The van der Waals surface area contributed by atoms with Crippen LogP contribution in [-0.4, -0.2) is 18.6 Å². The smallest absolute Gasteiger partial charge is 0.240 e. The van der Waals surface area contributed by atoms with Gasteiger partial charge in [0.1, 0.15) is 5.75 Å². The summed E-state index contributed by atoms with van der Waals surface area (Å²) in [5.74, 6) is 0.694. The van der Waals surface area contributed by atoms with Gasteiger partial charge in [-0.1, -0.05) is 26.0 Å². The van der Waals surface area contributed by atoms with Crippen LogP contribution in [0.15, 0.2) is 24.3 Å². The third kappa shape index (κ3) is 3.96. The molecule has 2 atom stereocenters. The molecule has 1 aromatic carbocycles. The first-order valence-corrected chi connectivity index (χ1v) is 6.68. The molecular formula is C15H24N2O2. The predicted molar refractivity (Wildman–Crippen MR) is 77.1 cm³/mol. The number of hydrogen-bond donors (Lipinski definition) is 2. The number of nitrogens with one attached hydrogen (secondary N) is 1. The Morgan fingerprint density at radius 1 is 1.37 bits per heavy atom. The van der Waals surface area contributed by atoms with E-state index in [-0.39, 0.29) is 11.9 Å². The minimum absolute atomic E-state index is 0.0205. The Morgan fingerprint density at radius 3 is 2.37 bits per heavy atom. The summed E-state index contributed by atoms with van der Waals surface area (Å²) in [6.45, 7) is 5.70. The van der Waals surface area contributed by atoms with E-state index in [1.807, 2.05) is 38.1 Å². The van der Waals surface area contributed by atoms with Gasteiger partial charge in [0.2, 0.25) is 5.91 Å². The fourth-order valence-electron chi connectivity index (χ4n) is 1.74. The largest absolute Gasteiger partial charge is 0.497 e. The van der Waals surface area contributed by atoms with Gasteiger partial charge in [-0.25, -0.2) is 0 Å². The zero-order valence-corrected chi connectivity index (χ0v) is 12.2. The summed E-state index contributed by atoms with van der Waals surface area (Å²) in [5.41, 5.74) is 6.19. The van der Waals surface area contributed by atoms with Crippen molar-refractivity contribution in [1.29, 1.82) is 0 Å². The molecule has 0 saturated heterocycles. The molecule has 0 aliphatic carbocycles. The number of nitrogens with two attached hydrogens (primary N) is 1. The maximum atomic E-state index is 12.1. The van der Waals surface area contributed by atoms with Gasteiger partial charge in [-0.3, -0.25) is 4.79 Å². The van der Waals surface area contributed by atoms with E-state index in [1.54, 1.807) is 14.0 Å². The molecule has 0 aliphatic rings. The zero-order valence-electron chi connectivity index (χ0n) is 12.2. The van der Waals surface area contributed by atoms with Gasteiger partial charge >= 0.3 is 0 Å². The van der Waals surface area contributed by atoms with E-state index in [9.17, 15) is 4.79 Å². The number of carbonyl (C=O) groups excluding carboxylic acids is 1. The van der Waals surface area contributed by atoms with Crippen LogP contribution < -0.4 is 15.8 Å². The summed E-state index contributed by atoms with van der Waals surface area (Å²) in [7, 11) is 1.63. The number of benzene rings is 1. The first-order valence-electron chi connectivity index (χ1n) is 6.68. The minimum Gasteiger partial charge on any atom is -0.497 e. The number of methoxy groups -OCH3 is 1. The molecule has 0 fully saturated rings. The van der Waals surface area contributed by atoms with Gasteiger partial charge in [0.15, 0.2) is 0 Å². The molecule has 1 amide bonds. The fraction of sp³-hybridized carbons (Fsp3) is 0.533. The molecule has 4 heteroatoms. The Labute approximate surface area is 115 Å². The maximum Gasteiger partial charge on any atom is 0.240 e. The Balaban J connectivity index is 2.80. The van der Waals surface area contributed by atoms with Crippen LogP contribution in [-0.2, 0) is 4.79 Å². The van der Waals surface area contributed by atoms with Crippen molar-refractivity contribution < 1.29 is 9.53 Å². The van der Waals surface area contributed by atoms with Crippen molar-refractivity contribution in [3.63, 3.8) is 0 Å². The van der Waals surface area contributed by atoms with E-state index in [4.69, 9.17) is 10.5 Å². The van der Waals surface area contributed by atoms with Crippen molar-refractivity contribution >= 4 is 5.91 Å². The van der Waals surface area contributed by atoms with Gasteiger partial charge in [0, 0.05) is 0 Å². The second-order valence-electron chi connectivity index (χ2n) is 4.98. The standard InChI is InChI=1S/C15H24N2O2/c1-5-13(17-14(18)15(3,16)6-2)11-7-9-12(19-4)10-8-11/h7-10,13H,5-6,16H2,1-4H3,(H,17,18). The van der Waals surface area contributed by atoms with Crippen LogP contribution in [0, 0.1) is 0 Å². The van der Waals surface area contributed by atoms with E-state index in [0.29, 0.717) is 6.42 Å². The normalized spacial score (nSPS) is 15.4. The summed E-state index contributed by atoms with van der Waals surface area (Å²) in [6, 6.07) is 7.70. The Morgan fingerprint density at radius 2 is 1.95 bits per heavy atom. The van der Waals surface area contributed by atoms with Gasteiger partial charge in [0.25, 0.3) is 0 Å². The summed E-state index contributed by atoms with van der Waals surface area (Å²) in [6.07, 6.45) is 1.43. The molecule has 0 saturated carbocycles. The topological polar surface area (TPSA) is 64.4 Å². The van der Waals surface area contributed by atoms with Gasteiger partial charge in [-0.2, -0.15) is 0 Å². The second kappa shape index (κ2) is 6.57. The third-order valence-corrected chi connectivity index (χ3v) is 3.48. The molecular weight excluding hydrogens is 240 g/mol. The second-order valence-corrected chi connectivity index (χ2v) is 4.98. The number of rotatable bonds is 6. The maximum absolute atomic E-state index is 12.1. The molecule has 1 aromatic rings. The molecule has 0 radical (unpaired) electrons. The van der Waals surface area contributed by atoms with Crippen molar-refractivity contribution in [1.82, 2.24) is 5.32 Å². The summed E-state index contributed by atoms with van der Waals surface area (Å²) in [4.78, 5) is 12.1. The zero-order chi connectivity index (χ0) is 14.5. The van der Waals surface area contributed by atoms with E-state index in [1.165, 1.54) is 0 Å². The Kier molecular flexibility index (Phi) is 5.36. The van der Waals surface area contributed by atoms with Crippen LogP contribution in [0.5, 0.6) is 5.75 Å². The van der Waals surface area contributed by atoms with Crippen LogP contribution in [0.1, 0.15) is 45.2 Å². The molecule has 0 spiro atoms. The van der Waals surface area contributed by atoms with Gasteiger partial charge in [-0.05, 0) is 37.5 Å². The highest BCUT2D eigenvalue weighted by molar-refractivity contribution is 5.85. The predicted octanol–water partition coefficient (Wildman–Crippen LogP) is 2.39. The van der Waals surface area contributed by atoms with E-state index in [0.717, 1.165) is 17.7 Å². The lowest BCUT2D eigenvalue weighted by Gasteiger charge is -2.26. The molecule has 106 valence electrons. The SMILES string of the molecule is CCC(NC(=O)C(C)(N)CC)c1ccc(OC)cc1. The fourth-order valence-corrected chi connectivity index (χ4v) is 1.74. The van der Waals surface area contributed by atoms with Gasteiger partial charge in [-0.15, -0.1) is 0 Å². The van der Waals surface area contributed by atoms with Crippen molar-refractivity contribution in [2.75, 3.05) is 7.11 Å². The van der Waals surface area contributed by atoms with E-state index < -0.39 is 5.54 Å². The highest BCUT2D eigenvalue weighted by Crippen LogP contribution is 2.21. The van der Waals surface area contributed by atoms with Crippen LogP contribution in [0.2, 0.25) is 0 Å². The lowest BCUT2D eigenvalue weighted by Crippen LogP contribution is -2.51. The molecule has 4 nitrogen and oxygen atoms in total. The summed E-state index contributed by atoms with van der Waals surface area (Å²) < 4.78 is 5.13. The number of ether oxygens (including phenoxy) is 1. The molecule has 0 heterocycles. The lowest BCUT2D eigenvalue weighted by molar-refractivity contribution is -0.126. The quantitative estimate of drug-likeness (QED) is 0.829.